The van der Waals surface area contributed by atoms with Crippen molar-refractivity contribution >= 4 is 0 Å². The molecule has 0 fully saturated rings. The number of nitrogens with zero attached hydrogens (tertiary/aromatic N) is 1. The topological polar surface area (TPSA) is 15.3 Å². The number of hydrogen-bond acceptors (Lipinski definition) is 2. The molecule has 0 amide bonds. The minimum absolute atomic E-state index is 0.704. The molecule has 2 nitrogen and oxygen atoms in total. The Bertz CT molecular complexity index is 379. The van der Waals surface area contributed by atoms with E-state index in [1.807, 2.05) is 0 Å². The van der Waals surface area contributed by atoms with E-state index in [2.05, 4.69) is 68.9 Å². The van der Waals surface area contributed by atoms with Gasteiger partial charge in [-0.05, 0) is 37.6 Å². The molecule has 0 bridgehead atoms. The van der Waals surface area contributed by atoms with Gasteiger partial charge in [0, 0.05) is 19.6 Å². The molecule has 0 aromatic heterocycles. The molecule has 0 aliphatic carbocycles. The van der Waals surface area contributed by atoms with E-state index in [1.165, 1.54) is 16.7 Å². The molecule has 1 rings (SSSR count). The van der Waals surface area contributed by atoms with Crippen LogP contribution in [0.2, 0.25) is 0 Å². The summed E-state index contributed by atoms with van der Waals surface area (Å²) < 4.78 is 0. The van der Waals surface area contributed by atoms with E-state index in [0.29, 0.717) is 5.92 Å². The molecule has 2 heteroatoms. The van der Waals surface area contributed by atoms with E-state index in [1.54, 1.807) is 0 Å². The van der Waals surface area contributed by atoms with Crippen LogP contribution in [0.4, 0.5) is 0 Å². The Morgan fingerprint density at radius 2 is 1.79 bits per heavy atom. The van der Waals surface area contributed by atoms with Crippen molar-refractivity contribution in [2.75, 3.05) is 20.1 Å². The van der Waals surface area contributed by atoms with E-state index < -0.39 is 0 Å². The quantitative estimate of drug-likeness (QED) is 0.720. The zero-order chi connectivity index (χ0) is 14.3. The summed E-state index contributed by atoms with van der Waals surface area (Å²) in [5, 5.41) is 3.47. The van der Waals surface area contributed by atoms with Crippen LogP contribution < -0.4 is 5.32 Å². The fourth-order valence-electron chi connectivity index (χ4n) is 2.10. The minimum atomic E-state index is 0.704. The lowest BCUT2D eigenvalue weighted by molar-refractivity contribution is 0.355. The maximum atomic E-state index is 3.95. The third-order valence-electron chi connectivity index (χ3n) is 2.90. The molecular weight excluding hydrogens is 232 g/mol. The fourth-order valence-corrected chi connectivity index (χ4v) is 2.10. The zero-order valence-electron chi connectivity index (χ0n) is 12.9. The molecule has 0 saturated carbocycles. The lowest BCUT2D eigenvalue weighted by atomic mass is 10.1. The molecule has 0 atom stereocenters. The van der Waals surface area contributed by atoms with Gasteiger partial charge in [-0.15, -0.1) is 0 Å². The molecule has 1 N–H and O–H groups in total. The van der Waals surface area contributed by atoms with Crippen molar-refractivity contribution in [3.05, 3.63) is 47.5 Å². The summed E-state index contributed by atoms with van der Waals surface area (Å²) in [4.78, 5) is 2.29. The van der Waals surface area contributed by atoms with Crippen LogP contribution in [0.3, 0.4) is 0 Å². The maximum Gasteiger partial charge on any atom is 0.0234 e. The van der Waals surface area contributed by atoms with Crippen molar-refractivity contribution < 1.29 is 0 Å². The zero-order valence-corrected chi connectivity index (χ0v) is 12.9. The molecule has 106 valence electrons. The SMILES string of the molecule is C=C(C)CN(C)Cc1ccc(CNCC(C)C)cc1. The lowest BCUT2D eigenvalue weighted by Gasteiger charge is -2.16. The minimum Gasteiger partial charge on any atom is -0.312 e. The van der Waals surface area contributed by atoms with E-state index in [-0.39, 0.29) is 0 Å². The van der Waals surface area contributed by atoms with Gasteiger partial charge in [0.1, 0.15) is 0 Å². The lowest BCUT2D eigenvalue weighted by Crippen LogP contribution is -2.20. The Morgan fingerprint density at radius 1 is 1.21 bits per heavy atom. The normalized spacial score (nSPS) is 11.3. The first-order chi connectivity index (χ1) is 8.97. The van der Waals surface area contributed by atoms with Gasteiger partial charge in [-0.1, -0.05) is 50.3 Å². The molecular formula is C17H28N2. The average Bonchev–Trinajstić information content (AvgIpc) is 2.29. The molecule has 1 aromatic carbocycles. The van der Waals surface area contributed by atoms with Gasteiger partial charge in [0.05, 0.1) is 0 Å². The van der Waals surface area contributed by atoms with Crippen molar-refractivity contribution in [3.63, 3.8) is 0 Å². The van der Waals surface area contributed by atoms with Crippen LogP contribution in [0.25, 0.3) is 0 Å². The Hall–Kier alpha value is -1.12. The summed E-state index contributed by atoms with van der Waals surface area (Å²) in [5.41, 5.74) is 3.92. The van der Waals surface area contributed by atoms with Crippen molar-refractivity contribution in [3.8, 4) is 0 Å². The average molecular weight is 260 g/mol. The number of benzene rings is 1. The number of hydrogen-bond donors (Lipinski definition) is 1. The van der Waals surface area contributed by atoms with Crippen LogP contribution in [-0.4, -0.2) is 25.0 Å². The van der Waals surface area contributed by atoms with Crippen LogP contribution in [-0.2, 0) is 13.1 Å². The van der Waals surface area contributed by atoms with Gasteiger partial charge < -0.3 is 5.32 Å². The predicted octanol–water partition coefficient (Wildman–Crippen LogP) is 3.44. The highest BCUT2D eigenvalue weighted by atomic mass is 15.1. The van der Waals surface area contributed by atoms with Crippen molar-refractivity contribution in [2.45, 2.75) is 33.9 Å². The first-order valence-corrected chi connectivity index (χ1v) is 7.09. The van der Waals surface area contributed by atoms with Crippen LogP contribution in [0.5, 0.6) is 0 Å². The van der Waals surface area contributed by atoms with Crippen LogP contribution in [0, 0.1) is 5.92 Å². The smallest absolute Gasteiger partial charge is 0.0234 e. The van der Waals surface area contributed by atoms with Crippen molar-refractivity contribution in [2.24, 2.45) is 5.92 Å². The third-order valence-corrected chi connectivity index (χ3v) is 2.90. The first kappa shape index (κ1) is 15.9. The number of rotatable bonds is 8. The highest BCUT2D eigenvalue weighted by molar-refractivity contribution is 5.22. The second kappa shape index (κ2) is 8.13. The molecule has 0 radical (unpaired) electrons. The van der Waals surface area contributed by atoms with Crippen molar-refractivity contribution in [1.82, 2.24) is 10.2 Å². The van der Waals surface area contributed by atoms with E-state index in [0.717, 1.165) is 26.2 Å². The summed E-state index contributed by atoms with van der Waals surface area (Å²) in [6, 6.07) is 8.89. The van der Waals surface area contributed by atoms with Gasteiger partial charge >= 0.3 is 0 Å². The number of likely N-dealkylation sites (N-methyl/N-ethyl adjacent to an activating group) is 1. The largest absolute Gasteiger partial charge is 0.312 e. The van der Waals surface area contributed by atoms with Gasteiger partial charge in [0.2, 0.25) is 0 Å². The second-order valence-electron chi connectivity index (χ2n) is 5.97. The Labute approximate surface area is 118 Å². The van der Waals surface area contributed by atoms with Crippen molar-refractivity contribution in [1.29, 1.82) is 0 Å². The summed E-state index contributed by atoms with van der Waals surface area (Å²) in [7, 11) is 2.13. The summed E-state index contributed by atoms with van der Waals surface area (Å²) in [5.74, 6) is 0.704. The van der Waals surface area contributed by atoms with Gasteiger partial charge in [-0.25, -0.2) is 0 Å². The first-order valence-electron chi connectivity index (χ1n) is 7.09. The molecule has 0 heterocycles. The van der Waals surface area contributed by atoms with E-state index in [9.17, 15) is 0 Å². The Balaban J connectivity index is 2.40. The Morgan fingerprint density at radius 3 is 2.32 bits per heavy atom. The van der Waals surface area contributed by atoms with E-state index in [4.69, 9.17) is 0 Å². The molecule has 1 aromatic rings. The Kier molecular flexibility index (Phi) is 6.82. The maximum absolute atomic E-state index is 3.95. The highest BCUT2D eigenvalue weighted by Crippen LogP contribution is 2.08. The molecule has 0 aliphatic heterocycles. The van der Waals surface area contributed by atoms with Gasteiger partial charge in [0.25, 0.3) is 0 Å². The third kappa shape index (κ3) is 7.14. The predicted molar refractivity (Wildman–Crippen MR) is 84.1 cm³/mol. The van der Waals surface area contributed by atoms with Gasteiger partial charge in [-0.3, -0.25) is 4.90 Å². The van der Waals surface area contributed by atoms with Crippen LogP contribution >= 0.6 is 0 Å². The van der Waals surface area contributed by atoms with Gasteiger partial charge in [-0.2, -0.15) is 0 Å². The molecule has 19 heavy (non-hydrogen) atoms. The van der Waals surface area contributed by atoms with Crippen LogP contribution in [0.1, 0.15) is 31.9 Å². The summed E-state index contributed by atoms with van der Waals surface area (Å²) in [6.45, 7) is 14.4. The highest BCUT2D eigenvalue weighted by Gasteiger charge is 2.01. The molecule has 0 spiro atoms. The van der Waals surface area contributed by atoms with Gasteiger partial charge in [0.15, 0.2) is 0 Å². The molecule has 0 saturated heterocycles. The molecule has 0 unspecified atom stereocenters. The standard InChI is InChI=1S/C17H28N2/c1-14(2)10-18-11-16-6-8-17(9-7-16)13-19(5)12-15(3)4/h6-9,14,18H,3,10-13H2,1-2,4-5H3. The summed E-state index contributed by atoms with van der Waals surface area (Å²) in [6.07, 6.45) is 0. The number of nitrogens with one attached hydrogen (secondary N) is 1. The molecule has 0 aliphatic rings. The fraction of sp³-hybridized carbons (Fsp3) is 0.529. The monoisotopic (exact) mass is 260 g/mol. The summed E-state index contributed by atoms with van der Waals surface area (Å²) >= 11 is 0. The second-order valence-corrected chi connectivity index (χ2v) is 5.97. The van der Waals surface area contributed by atoms with Crippen LogP contribution in [0.15, 0.2) is 36.4 Å². The van der Waals surface area contributed by atoms with E-state index >= 15 is 0 Å².